The lowest BCUT2D eigenvalue weighted by Gasteiger charge is -2.23. The van der Waals surface area contributed by atoms with Crippen molar-refractivity contribution in [3.8, 4) is 66.8 Å². The summed E-state index contributed by atoms with van der Waals surface area (Å²) in [4.78, 5) is 0. The molecule has 0 bridgehead atoms. The van der Waals surface area contributed by atoms with E-state index in [9.17, 15) is 0 Å². The van der Waals surface area contributed by atoms with Crippen molar-refractivity contribution in [3.63, 3.8) is 0 Å². The highest BCUT2D eigenvalue weighted by Crippen LogP contribution is 2.51. The second-order valence-electron chi connectivity index (χ2n) is 13.7. The van der Waals surface area contributed by atoms with Gasteiger partial charge in [-0.25, -0.2) is 0 Å². The van der Waals surface area contributed by atoms with Crippen molar-refractivity contribution in [2.75, 3.05) is 0 Å². The van der Waals surface area contributed by atoms with Crippen molar-refractivity contribution in [2.24, 2.45) is 0 Å². The standard InChI is InChI=1S/C49H36/c1-49(2)47-31-39(42-20-12-11-19-41(42)36-23-21-34(22-24-36)33-13-5-3-6-14-33)25-27-43(47)44-28-26-40(32-48(44)49)46-30-38-18-10-9-17-37(38)29-45(46)35-15-7-4-8-16-35/h3-32H,1-2H3. The Morgan fingerprint density at radius 3 is 1.20 bits per heavy atom. The Kier molecular flexibility index (Phi) is 6.92. The Balaban J connectivity index is 1.12. The Labute approximate surface area is 289 Å². The Bertz CT molecular complexity index is 2480. The van der Waals surface area contributed by atoms with E-state index in [1.807, 2.05) is 0 Å². The van der Waals surface area contributed by atoms with Crippen molar-refractivity contribution in [1.82, 2.24) is 0 Å². The topological polar surface area (TPSA) is 0 Å². The highest BCUT2D eigenvalue weighted by atomic mass is 14.4. The van der Waals surface area contributed by atoms with E-state index in [0.717, 1.165) is 0 Å². The van der Waals surface area contributed by atoms with Gasteiger partial charge in [-0.3, -0.25) is 0 Å². The summed E-state index contributed by atoms with van der Waals surface area (Å²) in [6.07, 6.45) is 0. The molecule has 8 aromatic carbocycles. The molecule has 9 rings (SSSR count). The molecule has 0 radical (unpaired) electrons. The van der Waals surface area contributed by atoms with Crippen LogP contribution in [-0.4, -0.2) is 0 Å². The molecule has 0 fully saturated rings. The van der Waals surface area contributed by atoms with Crippen LogP contribution in [0.2, 0.25) is 0 Å². The minimum atomic E-state index is -0.146. The third kappa shape index (κ3) is 5.00. The number of fused-ring (bicyclic) bond motifs is 4. The normalized spacial score (nSPS) is 12.9. The maximum absolute atomic E-state index is 2.45. The molecule has 0 atom stereocenters. The van der Waals surface area contributed by atoms with Gasteiger partial charge in [-0.15, -0.1) is 0 Å². The van der Waals surface area contributed by atoms with Crippen LogP contribution in [0.5, 0.6) is 0 Å². The van der Waals surface area contributed by atoms with Crippen LogP contribution in [0.4, 0.5) is 0 Å². The van der Waals surface area contributed by atoms with E-state index in [4.69, 9.17) is 0 Å². The summed E-state index contributed by atoms with van der Waals surface area (Å²) in [7, 11) is 0. The fourth-order valence-electron chi connectivity index (χ4n) is 7.87. The molecule has 0 unspecified atom stereocenters. The fourth-order valence-corrected chi connectivity index (χ4v) is 7.87. The second kappa shape index (κ2) is 11.6. The SMILES string of the molecule is CC1(C)c2cc(-c3ccccc3-c3ccc(-c4ccccc4)cc3)ccc2-c2ccc(-c3cc4ccccc4cc3-c3ccccc3)cc21. The van der Waals surface area contributed by atoms with Crippen LogP contribution >= 0.6 is 0 Å². The molecule has 0 heterocycles. The van der Waals surface area contributed by atoms with E-state index < -0.39 is 0 Å². The zero-order chi connectivity index (χ0) is 33.0. The van der Waals surface area contributed by atoms with Crippen molar-refractivity contribution in [2.45, 2.75) is 19.3 Å². The van der Waals surface area contributed by atoms with Crippen LogP contribution in [0.25, 0.3) is 77.5 Å². The monoisotopic (exact) mass is 624 g/mol. The summed E-state index contributed by atoms with van der Waals surface area (Å²) in [5.74, 6) is 0. The lowest BCUT2D eigenvalue weighted by molar-refractivity contribution is 0.661. The van der Waals surface area contributed by atoms with Gasteiger partial charge in [-0.05, 0) is 113 Å². The predicted molar refractivity (Wildman–Crippen MR) is 209 cm³/mol. The van der Waals surface area contributed by atoms with Gasteiger partial charge in [0.1, 0.15) is 0 Å². The molecule has 0 saturated heterocycles. The molecule has 49 heavy (non-hydrogen) atoms. The third-order valence-electron chi connectivity index (χ3n) is 10.5. The van der Waals surface area contributed by atoms with Gasteiger partial charge in [0.25, 0.3) is 0 Å². The molecule has 0 aliphatic heterocycles. The minimum absolute atomic E-state index is 0.146. The summed E-state index contributed by atoms with van der Waals surface area (Å²) >= 11 is 0. The van der Waals surface area contributed by atoms with Crippen molar-refractivity contribution < 1.29 is 0 Å². The predicted octanol–water partition coefficient (Wildman–Crippen LogP) is 13.5. The van der Waals surface area contributed by atoms with Crippen LogP contribution < -0.4 is 0 Å². The van der Waals surface area contributed by atoms with Crippen LogP contribution in [0.1, 0.15) is 25.0 Å². The number of hydrogen-bond acceptors (Lipinski definition) is 0. The zero-order valence-electron chi connectivity index (χ0n) is 27.8. The molecule has 0 N–H and O–H groups in total. The van der Waals surface area contributed by atoms with Gasteiger partial charge >= 0.3 is 0 Å². The van der Waals surface area contributed by atoms with Gasteiger partial charge in [0.2, 0.25) is 0 Å². The summed E-state index contributed by atoms with van der Waals surface area (Å²) in [5, 5.41) is 2.53. The van der Waals surface area contributed by atoms with Crippen LogP contribution in [-0.2, 0) is 5.41 Å². The Morgan fingerprint density at radius 1 is 0.265 bits per heavy atom. The molecular weight excluding hydrogens is 589 g/mol. The maximum atomic E-state index is 2.45. The molecule has 0 heteroatoms. The van der Waals surface area contributed by atoms with E-state index >= 15 is 0 Å². The molecule has 0 spiro atoms. The van der Waals surface area contributed by atoms with Gasteiger partial charge in [-0.1, -0.05) is 172 Å². The van der Waals surface area contributed by atoms with E-state index in [1.54, 1.807) is 0 Å². The summed E-state index contributed by atoms with van der Waals surface area (Å²) < 4.78 is 0. The molecule has 1 aliphatic rings. The molecule has 0 amide bonds. The third-order valence-corrected chi connectivity index (χ3v) is 10.5. The first-order valence-corrected chi connectivity index (χ1v) is 17.2. The second-order valence-corrected chi connectivity index (χ2v) is 13.7. The molecule has 1 aliphatic carbocycles. The molecular formula is C49H36. The molecule has 0 saturated carbocycles. The average Bonchev–Trinajstić information content (AvgIpc) is 3.40. The van der Waals surface area contributed by atoms with E-state index in [2.05, 4.69) is 196 Å². The van der Waals surface area contributed by atoms with E-state index in [-0.39, 0.29) is 5.41 Å². The van der Waals surface area contributed by atoms with Gasteiger partial charge in [0, 0.05) is 5.41 Å². The van der Waals surface area contributed by atoms with Crippen molar-refractivity contribution in [3.05, 3.63) is 193 Å². The van der Waals surface area contributed by atoms with Gasteiger partial charge < -0.3 is 0 Å². The maximum Gasteiger partial charge on any atom is 0.0159 e. The highest BCUT2D eigenvalue weighted by molar-refractivity contribution is 5.97. The first kappa shape index (κ1) is 29.2. The number of hydrogen-bond donors (Lipinski definition) is 0. The zero-order valence-corrected chi connectivity index (χ0v) is 27.8. The summed E-state index contributed by atoms with van der Waals surface area (Å²) in [5.41, 5.74) is 17.8. The first-order chi connectivity index (χ1) is 24.0. The summed E-state index contributed by atoms with van der Waals surface area (Å²) in [6, 6.07) is 66.8. The van der Waals surface area contributed by atoms with Gasteiger partial charge in [0.15, 0.2) is 0 Å². The molecule has 0 aromatic heterocycles. The quantitative estimate of drug-likeness (QED) is 0.179. The molecule has 0 nitrogen and oxygen atoms in total. The largest absolute Gasteiger partial charge is 0.0622 e. The first-order valence-electron chi connectivity index (χ1n) is 17.2. The van der Waals surface area contributed by atoms with Crippen molar-refractivity contribution >= 4 is 10.8 Å². The molecule has 232 valence electrons. The van der Waals surface area contributed by atoms with Crippen molar-refractivity contribution in [1.29, 1.82) is 0 Å². The van der Waals surface area contributed by atoms with E-state index in [0.29, 0.717) is 0 Å². The lowest BCUT2D eigenvalue weighted by Crippen LogP contribution is -2.15. The summed E-state index contributed by atoms with van der Waals surface area (Å²) in [6.45, 7) is 4.77. The fraction of sp³-hybridized carbons (Fsp3) is 0.0612. The Morgan fingerprint density at radius 2 is 0.633 bits per heavy atom. The lowest BCUT2D eigenvalue weighted by atomic mass is 9.80. The van der Waals surface area contributed by atoms with Gasteiger partial charge in [-0.2, -0.15) is 0 Å². The number of rotatable bonds is 5. The highest BCUT2D eigenvalue weighted by Gasteiger charge is 2.36. The van der Waals surface area contributed by atoms with E-state index in [1.165, 1.54) is 88.7 Å². The molecule has 8 aromatic rings. The van der Waals surface area contributed by atoms with Crippen LogP contribution in [0, 0.1) is 0 Å². The minimum Gasteiger partial charge on any atom is -0.0622 e. The smallest absolute Gasteiger partial charge is 0.0159 e. The Hall–Kier alpha value is -5.98. The van der Waals surface area contributed by atoms with Crippen LogP contribution in [0.3, 0.4) is 0 Å². The van der Waals surface area contributed by atoms with Crippen LogP contribution in [0.15, 0.2) is 182 Å². The number of benzene rings is 8. The van der Waals surface area contributed by atoms with Gasteiger partial charge in [0.05, 0.1) is 0 Å². The average molecular weight is 625 g/mol.